The van der Waals surface area contributed by atoms with Crippen LogP contribution in [-0.2, 0) is 36.9 Å². The van der Waals surface area contributed by atoms with Crippen molar-refractivity contribution in [3.8, 4) is 0 Å². The summed E-state index contributed by atoms with van der Waals surface area (Å²) in [6.07, 6.45) is 1.10. The maximum absolute atomic E-state index is 13.9. The Morgan fingerprint density at radius 1 is 0.882 bits per heavy atom. The first-order valence-corrected chi connectivity index (χ1v) is 16.4. The van der Waals surface area contributed by atoms with E-state index in [2.05, 4.69) is 15.6 Å². The highest BCUT2D eigenvalue weighted by molar-refractivity contribution is 5.95. The van der Waals surface area contributed by atoms with E-state index in [1.807, 2.05) is 42.5 Å². The van der Waals surface area contributed by atoms with Gasteiger partial charge in [-0.25, -0.2) is 4.79 Å². The average Bonchev–Trinajstić information content (AvgIpc) is 3.08. The highest BCUT2D eigenvalue weighted by Crippen LogP contribution is 2.32. The zero-order valence-corrected chi connectivity index (χ0v) is 28.2. The smallest absolute Gasteiger partial charge is 0.475 e. The summed E-state index contributed by atoms with van der Waals surface area (Å²) < 4.78 is 37.6. The van der Waals surface area contributed by atoms with Crippen molar-refractivity contribution in [1.82, 2.24) is 10.6 Å². The van der Waals surface area contributed by atoms with Gasteiger partial charge < -0.3 is 43.4 Å². The first kappa shape index (κ1) is 42.0. The van der Waals surface area contributed by atoms with E-state index in [0.717, 1.165) is 43.2 Å². The Morgan fingerprint density at radius 3 is 2.00 bits per heavy atom. The average molecular weight is 721 g/mol. The van der Waals surface area contributed by atoms with Crippen molar-refractivity contribution < 1.29 is 42.2 Å². The number of primary amides is 1. The molecule has 0 spiro atoms. The number of nitrogens with zero attached hydrogens (tertiary/aromatic N) is 1. The third-order valence-corrected chi connectivity index (χ3v) is 8.15. The van der Waals surface area contributed by atoms with Gasteiger partial charge in [-0.05, 0) is 49.1 Å². The van der Waals surface area contributed by atoms with Gasteiger partial charge in [0.25, 0.3) is 0 Å². The van der Waals surface area contributed by atoms with Gasteiger partial charge in [0.05, 0.1) is 13.2 Å². The Balaban J connectivity index is 0.00000116. The quantitative estimate of drug-likeness (QED) is 0.0675. The molecular weight excluding hydrogens is 673 g/mol. The number of benzene rings is 2. The number of rotatable bonds is 17. The molecule has 1 aliphatic rings. The lowest BCUT2D eigenvalue weighted by Crippen LogP contribution is -2.56. The molecule has 1 saturated carbocycles. The maximum Gasteiger partial charge on any atom is 0.490 e. The van der Waals surface area contributed by atoms with Gasteiger partial charge in [-0.2, -0.15) is 13.2 Å². The zero-order chi connectivity index (χ0) is 38.0. The fourth-order valence-corrected chi connectivity index (χ4v) is 5.48. The Hall–Kier alpha value is -5.19. The van der Waals surface area contributed by atoms with Gasteiger partial charge in [0, 0.05) is 18.0 Å². The SMILES string of the molecule is N=C(N)c1ccc(C[C@H](C(=O)N[C@@H](COCc2ccccc2)C(=O)NC(CCCN=C(N)N)C(N)=O)C2CCCCC2)cc1.O=C(O)C(F)(F)F. The van der Waals surface area contributed by atoms with E-state index in [-0.39, 0.29) is 55.7 Å². The molecule has 0 saturated heterocycles. The van der Waals surface area contributed by atoms with Crippen LogP contribution in [0.4, 0.5) is 13.2 Å². The van der Waals surface area contributed by atoms with E-state index in [0.29, 0.717) is 18.4 Å². The van der Waals surface area contributed by atoms with Crippen molar-refractivity contribution >= 4 is 35.5 Å². The summed E-state index contributed by atoms with van der Waals surface area (Å²) in [4.78, 5) is 52.4. The van der Waals surface area contributed by atoms with E-state index < -0.39 is 36.0 Å². The number of nitrogens with one attached hydrogen (secondary N) is 3. The first-order chi connectivity index (χ1) is 24.1. The number of nitrogen functional groups attached to an aromatic ring is 1. The van der Waals surface area contributed by atoms with Gasteiger partial charge in [-0.1, -0.05) is 73.9 Å². The predicted molar refractivity (Wildman–Crippen MR) is 184 cm³/mol. The maximum atomic E-state index is 13.9. The van der Waals surface area contributed by atoms with Gasteiger partial charge in [0.15, 0.2) is 5.96 Å². The van der Waals surface area contributed by atoms with Gasteiger partial charge in [-0.15, -0.1) is 0 Å². The van der Waals surface area contributed by atoms with Crippen molar-refractivity contribution in [3.05, 3.63) is 71.3 Å². The summed E-state index contributed by atoms with van der Waals surface area (Å²) in [5.74, 6) is -4.59. The minimum absolute atomic E-state index is 0.0204. The monoisotopic (exact) mass is 720 g/mol. The number of hydrogen-bond donors (Lipinski definition) is 8. The predicted octanol–water partition coefficient (Wildman–Crippen LogP) is 2.07. The van der Waals surface area contributed by atoms with E-state index >= 15 is 0 Å². The number of ether oxygens (including phenoxy) is 1. The molecule has 0 bridgehead atoms. The summed E-state index contributed by atoms with van der Waals surface area (Å²) in [6, 6.07) is 14.8. The lowest BCUT2D eigenvalue weighted by atomic mass is 9.76. The number of guanidine groups is 1. The Morgan fingerprint density at radius 2 is 1.47 bits per heavy atom. The molecule has 12 N–H and O–H groups in total. The van der Waals surface area contributed by atoms with Crippen LogP contribution >= 0.6 is 0 Å². The molecule has 1 unspecified atom stereocenters. The van der Waals surface area contributed by atoms with Gasteiger partial charge in [0.1, 0.15) is 17.9 Å². The van der Waals surface area contributed by atoms with E-state index in [1.54, 1.807) is 12.1 Å². The van der Waals surface area contributed by atoms with Crippen LogP contribution in [0.2, 0.25) is 0 Å². The van der Waals surface area contributed by atoms with Crippen molar-refractivity contribution in [1.29, 1.82) is 5.41 Å². The summed E-state index contributed by atoms with van der Waals surface area (Å²) in [5, 5.41) is 20.4. The second kappa shape index (κ2) is 21.1. The third kappa shape index (κ3) is 15.9. The zero-order valence-electron chi connectivity index (χ0n) is 28.2. The van der Waals surface area contributed by atoms with Crippen LogP contribution in [0.5, 0.6) is 0 Å². The Labute approximate surface area is 294 Å². The van der Waals surface area contributed by atoms with Gasteiger partial charge in [-0.3, -0.25) is 24.8 Å². The van der Waals surface area contributed by atoms with Gasteiger partial charge >= 0.3 is 12.1 Å². The third-order valence-electron chi connectivity index (χ3n) is 8.15. The number of nitrogens with two attached hydrogens (primary N) is 4. The molecule has 51 heavy (non-hydrogen) atoms. The van der Waals surface area contributed by atoms with Crippen molar-refractivity contribution in [2.75, 3.05) is 13.2 Å². The van der Waals surface area contributed by atoms with Crippen LogP contribution < -0.4 is 33.6 Å². The molecule has 0 radical (unpaired) electrons. The molecule has 280 valence electrons. The number of carboxylic acid groups (broad SMARTS) is 1. The minimum atomic E-state index is -5.08. The fourth-order valence-electron chi connectivity index (χ4n) is 5.48. The molecule has 0 aliphatic heterocycles. The van der Waals surface area contributed by atoms with Crippen LogP contribution in [0, 0.1) is 17.2 Å². The molecular formula is C34H47F3N8O6. The molecule has 3 atom stereocenters. The summed E-state index contributed by atoms with van der Waals surface area (Å²) in [6.45, 7) is 0.419. The first-order valence-electron chi connectivity index (χ1n) is 16.4. The lowest BCUT2D eigenvalue weighted by molar-refractivity contribution is -0.192. The number of amidine groups is 1. The molecule has 0 heterocycles. The van der Waals surface area contributed by atoms with E-state index in [4.69, 9.17) is 43.0 Å². The number of halogens is 3. The molecule has 3 amide bonds. The molecule has 3 rings (SSSR count). The molecule has 1 fully saturated rings. The van der Waals surface area contributed by atoms with Crippen LogP contribution in [0.3, 0.4) is 0 Å². The number of aliphatic imine (C=N–C) groups is 1. The molecule has 1 aliphatic carbocycles. The normalized spacial score (nSPS) is 14.8. The van der Waals surface area contributed by atoms with E-state index in [1.165, 1.54) is 0 Å². The van der Waals surface area contributed by atoms with Crippen molar-refractivity contribution in [2.24, 2.45) is 39.8 Å². The largest absolute Gasteiger partial charge is 0.490 e. The molecule has 0 aromatic heterocycles. The highest BCUT2D eigenvalue weighted by Gasteiger charge is 2.38. The number of amides is 3. The number of carboxylic acids is 1. The van der Waals surface area contributed by atoms with Crippen LogP contribution in [0.15, 0.2) is 59.6 Å². The van der Waals surface area contributed by atoms with Gasteiger partial charge in [0.2, 0.25) is 17.7 Å². The number of carbonyl (C=O) groups is 4. The topological polar surface area (TPSA) is 262 Å². The molecule has 2 aromatic carbocycles. The van der Waals surface area contributed by atoms with Crippen molar-refractivity contribution in [2.45, 2.75) is 76.2 Å². The van der Waals surface area contributed by atoms with Crippen LogP contribution in [-0.4, -0.2) is 72.0 Å². The summed E-state index contributed by atoms with van der Waals surface area (Å²) >= 11 is 0. The second-order valence-corrected chi connectivity index (χ2v) is 12.1. The molecule has 17 heteroatoms. The highest BCUT2D eigenvalue weighted by atomic mass is 19.4. The summed E-state index contributed by atoms with van der Waals surface area (Å²) in [7, 11) is 0. The summed E-state index contributed by atoms with van der Waals surface area (Å²) in [5.41, 5.74) is 24.4. The fraction of sp³-hybridized carbons (Fsp3) is 0.471. The second-order valence-electron chi connectivity index (χ2n) is 12.1. The minimum Gasteiger partial charge on any atom is -0.475 e. The Kier molecular flexibility index (Phi) is 17.4. The van der Waals surface area contributed by atoms with Crippen LogP contribution in [0.25, 0.3) is 0 Å². The number of carbonyl (C=O) groups excluding carboxylic acids is 3. The van der Waals surface area contributed by atoms with E-state index in [9.17, 15) is 27.6 Å². The number of hydrogen-bond acceptors (Lipinski definition) is 7. The molecule has 2 aromatic rings. The van der Waals surface area contributed by atoms with Crippen LogP contribution in [0.1, 0.15) is 61.6 Å². The van der Waals surface area contributed by atoms with Crippen molar-refractivity contribution in [3.63, 3.8) is 0 Å². The number of aliphatic carboxylic acids is 1. The Bertz CT molecular complexity index is 1460. The lowest BCUT2D eigenvalue weighted by Gasteiger charge is -2.31. The molecule has 14 nitrogen and oxygen atoms in total. The number of alkyl halides is 3. The standard InChI is InChI=1S/C32H46N8O4.C2HF3O2/c33-28(34)24-15-13-21(14-16-24)18-25(23-10-5-2-6-11-23)30(42)40-27(20-44-19-22-8-3-1-4-9-22)31(43)39-26(29(35)41)12-7-17-38-32(36)37;3-2(4,5)1(6)7/h1,3-4,8-9,13-16,23,25-27H,2,5-7,10-12,17-20H2,(H3,33,34)(H2,35,41)(H,39,43)(H,40,42)(H4,36,37,38);(H,6,7)/t25-,26?,27-;/m0./s1.